The molecule has 0 saturated carbocycles. The molecule has 2 N–H and O–H groups in total. The van der Waals surface area contributed by atoms with Gasteiger partial charge in [0, 0.05) is 17.1 Å². The first kappa shape index (κ1) is 12.5. The second kappa shape index (κ2) is 5.21. The molecular formula is C17H15NO2. The fourth-order valence-electron chi connectivity index (χ4n) is 2.55. The maximum absolute atomic E-state index is 10.9. The Bertz CT molecular complexity index is 744. The van der Waals surface area contributed by atoms with Crippen LogP contribution in [0, 0.1) is 0 Å². The van der Waals surface area contributed by atoms with Crippen molar-refractivity contribution in [1.29, 1.82) is 0 Å². The fraction of sp³-hybridized carbons (Fsp3) is 0.118. The zero-order valence-electron chi connectivity index (χ0n) is 11.0. The lowest BCUT2D eigenvalue weighted by Crippen LogP contribution is -1.98. The highest BCUT2D eigenvalue weighted by Crippen LogP contribution is 2.24. The van der Waals surface area contributed by atoms with E-state index in [1.165, 1.54) is 11.1 Å². The molecule has 0 aliphatic carbocycles. The molecule has 0 spiro atoms. The standard InChI is InChI=1S/C17H15NO2/c19-16(20)10-14-11-18-17-13(7-4-8-15(14)17)9-12-5-2-1-3-6-12/h1-8,11,18H,9-10H2,(H,19,20). The van der Waals surface area contributed by atoms with Gasteiger partial charge in [-0.05, 0) is 23.1 Å². The third-order valence-corrected chi connectivity index (χ3v) is 3.47. The molecule has 3 heteroatoms. The topological polar surface area (TPSA) is 53.1 Å². The van der Waals surface area contributed by atoms with Gasteiger partial charge in [-0.15, -0.1) is 0 Å². The summed E-state index contributed by atoms with van der Waals surface area (Å²) in [6.45, 7) is 0. The van der Waals surface area contributed by atoms with Crippen molar-refractivity contribution in [3.8, 4) is 0 Å². The van der Waals surface area contributed by atoms with Crippen LogP contribution in [0.15, 0.2) is 54.7 Å². The number of carboxylic acids is 1. The number of aliphatic carboxylic acids is 1. The lowest BCUT2D eigenvalue weighted by molar-refractivity contribution is -0.136. The third-order valence-electron chi connectivity index (χ3n) is 3.47. The number of aromatic nitrogens is 1. The fourth-order valence-corrected chi connectivity index (χ4v) is 2.55. The van der Waals surface area contributed by atoms with Crippen LogP contribution in [-0.2, 0) is 17.6 Å². The van der Waals surface area contributed by atoms with Crippen molar-refractivity contribution in [2.24, 2.45) is 0 Å². The number of benzene rings is 2. The van der Waals surface area contributed by atoms with E-state index in [4.69, 9.17) is 5.11 Å². The van der Waals surface area contributed by atoms with Gasteiger partial charge < -0.3 is 10.1 Å². The molecule has 0 bridgehead atoms. The molecule has 0 radical (unpaired) electrons. The largest absolute Gasteiger partial charge is 0.481 e. The van der Waals surface area contributed by atoms with E-state index in [2.05, 4.69) is 23.2 Å². The Morgan fingerprint density at radius 1 is 1.00 bits per heavy atom. The van der Waals surface area contributed by atoms with Crippen LogP contribution in [0.3, 0.4) is 0 Å². The summed E-state index contributed by atoms with van der Waals surface area (Å²) >= 11 is 0. The summed E-state index contributed by atoms with van der Waals surface area (Å²) in [5.41, 5.74) is 4.30. The molecule has 0 atom stereocenters. The van der Waals surface area contributed by atoms with Gasteiger partial charge in [0.25, 0.3) is 0 Å². The molecule has 0 fully saturated rings. The van der Waals surface area contributed by atoms with Crippen molar-refractivity contribution in [3.05, 3.63) is 71.4 Å². The molecule has 3 nitrogen and oxygen atoms in total. The second-order valence-corrected chi connectivity index (χ2v) is 4.89. The van der Waals surface area contributed by atoms with Gasteiger partial charge in [0.1, 0.15) is 0 Å². The Morgan fingerprint density at radius 3 is 2.55 bits per heavy atom. The summed E-state index contributed by atoms with van der Waals surface area (Å²) in [4.78, 5) is 14.1. The van der Waals surface area contributed by atoms with Crippen molar-refractivity contribution < 1.29 is 9.90 Å². The van der Waals surface area contributed by atoms with Crippen molar-refractivity contribution in [3.63, 3.8) is 0 Å². The summed E-state index contributed by atoms with van der Waals surface area (Å²) in [5, 5.41) is 9.94. The molecule has 0 saturated heterocycles. The molecule has 3 rings (SSSR count). The Kier molecular flexibility index (Phi) is 3.25. The van der Waals surface area contributed by atoms with Gasteiger partial charge in [-0.2, -0.15) is 0 Å². The van der Waals surface area contributed by atoms with Crippen LogP contribution in [0.25, 0.3) is 10.9 Å². The number of hydrogen-bond donors (Lipinski definition) is 2. The summed E-state index contributed by atoms with van der Waals surface area (Å²) in [7, 11) is 0. The summed E-state index contributed by atoms with van der Waals surface area (Å²) < 4.78 is 0. The molecular weight excluding hydrogens is 250 g/mol. The number of H-pyrrole nitrogens is 1. The minimum atomic E-state index is -0.806. The molecule has 1 heterocycles. The maximum atomic E-state index is 10.9. The molecule has 2 aromatic carbocycles. The predicted octanol–water partition coefficient (Wildman–Crippen LogP) is 3.39. The van der Waals surface area contributed by atoms with Gasteiger partial charge in [-0.1, -0.05) is 48.5 Å². The van der Waals surface area contributed by atoms with Crippen molar-refractivity contribution >= 4 is 16.9 Å². The number of carbonyl (C=O) groups is 1. The molecule has 20 heavy (non-hydrogen) atoms. The molecule has 0 unspecified atom stereocenters. The van der Waals surface area contributed by atoms with Crippen LogP contribution in [0.4, 0.5) is 0 Å². The Hall–Kier alpha value is -2.55. The van der Waals surface area contributed by atoms with E-state index in [0.29, 0.717) is 0 Å². The minimum Gasteiger partial charge on any atom is -0.481 e. The second-order valence-electron chi connectivity index (χ2n) is 4.89. The average molecular weight is 265 g/mol. The number of aromatic amines is 1. The number of rotatable bonds is 4. The van der Waals surface area contributed by atoms with Crippen LogP contribution in [-0.4, -0.2) is 16.1 Å². The van der Waals surface area contributed by atoms with E-state index in [1.54, 1.807) is 6.20 Å². The number of fused-ring (bicyclic) bond motifs is 1. The smallest absolute Gasteiger partial charge is 0.307 e. The van der Waals surface area contributed by atoms with E-state index in [-0.39, 0.29) is 6.42 Å². The molecule has 3 aromatic rings. The summed E-state index contributed by atoms with van der Waals surface area (Å²) in [6, 6.07) is 16.3. The number of nitrogens with one attached hydrogen (secondary N) is 1. The highest BCUT2D eigenvalue weighted by Gasteiger charge is 2.10. The highest BCUT2D eigenvalue weighted by molar-refractivity contribution is 5.89. The van der Waals surface area contributed by atoms with Gasteiger partial charge in [0.2, 0.25) is 0 Å². The normalized spacial score (nSPS) is 10.8. The van der Waals surface area contributed by atoms with Gasteiger partial charge in [0.05, 0.1) is 6.42 Å². The Labute approximate surface area is 116 Å². The molecule has 1 aromatic heterocycles. The van der Waals surface area contributed by atoms with Crippen LogP contribution < -0.4 is 0 Å². The Balaban J connectivity index is 2.00. The number of carboxylic acid groups (broad SMARTS) is 1. The minimum absolute atomic E-state index is 0.0504. The Morgan fingerprint density at radius 2 is 1.80 bits per heavy atom. The summed E-state index contributed by atoms with van der Waals surface area (Å²) in [5.74, 6) is -0.806. The quantitative estimate of drug-likeness (QED) is 0.759. The molecule has 0 amide bonds. The van der Waals surface area contributed by atoms with Crippen molar-refractivity contribution in [2.45, 2.75) is 12.8 Å². The van der Waals surface area contributed by atoms with Gasteiger partial charge in [-0.25, -0.2) is 0 Å². The van der Waals surface area contributed by atoms with Crippen LogP contribution in [0.1, 0.15) is 16.7 Å². The van der Waals surface area contributed by atoms with E-state index in [9.17, 15) is 4.79 Å². The molecule has 0 aliphatic heterocycles. The monoisotopic (exact) mass is 265 g/mol. The third kappa shape index (κ3) is 2.43. The SMILES string of the molecule is O=C(O)Cc1c[nH]c2c(Cc3ccccc3)cccc12. The zero-order valence-corrected chi connectivity index (χ0v) is 11.0. The molecule has 0 aliphatic rings. The number of hydrogen-bond acceptors (Lipinski definition) is 1. The zero-order chi connectivity index (χ0) is 13.9. The lowest BCUT2D eigenvalue weighted by atomic mass is 10.0. The van der Waals surface area contributed by atoms with Crippen LogP contribution in [0.5, 0.6) is 0 Å². The van der Waals surface area contributed by atoms with E-state index in [1.807, 2.05) is 30.3 Å². The van der Waals surface area contributed by atoms with E-state index in [0.717, 1.165) is 22.9 Å². The van der Waals surface area contributed by atoms with Crippen LogP contribution in [0.2, 0.25) is 0 Å². The van der Waals surface area contributed by atoms with Gasteiger partial charge in [-0.3, -0.25) is 4.79 Å². The van der Waals surface area contributed by atoms with Crippen molar-refractivity contribution in [2.75, 3.05) is 0 Å². The van der Waals surface area contributed by atoms with Gasteiger partial charge >= 0.3 is 5.97 Å². The van der Waals surface area contributed by atoms with E-state index < -0.39 is 5.97 Å². The first-order valence-corrected chi connectivity index (χ1v) is 6.57. The molecule has 100 valence electrons. The van der Waals surface area contributed by atoms with Crippen LogP contribution >= 0.6 is 0 Å². The number of para-hydroxylation sites is 1. The highest BCUT2D eigenvalue weighted by atomic mass is 16.4. The van der Waals surface area contributed by atoms with Gasteiger partial charge in [0.15, 0.2) is 0 Å². The van der Waals surface area contributed by atoms with Crippen molar-refractivity contribution in [1.82, 2.24) is 4.98 Å². The lowest BCUT2D eigenvalue weighted by Gasteiger charge is -2.04. The maximum Gasteiger partial charge on any atom is 0.307 e. The van der Waals surface area contributed by atoms with E-state index >= 15 is 0 Å². The first-order valence-electron chi connectivity index (χ1n) is 6.57. The first-order chi connectivity index (χ1) is 9.74. The average Bonchev–Trinajstić information content (AvgIpc) is 2.84. The predicted molar refractivity (Wildman–Crippen MR) is 78.9 cm³/mol. The summed E-state index contributed by atoms with van der Waals surface area (Å²) in [6.07, 6.45) is 2.69.